The Balaban J connectivity index is 1.39. The molecule has 3 N–H and O–H groups in total. The van der Waals surface area contributed by atoms with Crippen molar-refractivity contribution in [2.75, 3.05) is 39.3 Å². The van der Waals surface area contributed by atoms with Crippen LogP contribution < -0.4 is 10.6 Å². The highest BCUT2D eigenvalue weighted by atomic mass is 16.4. The van der Waals surface area contributed by atoms with Crippen LogP contribution in [0.25, 0.3) is 0 Å². The highest BCUT2D eigenvalue weighted by molar-refractivity contribution is 5.88. The van der Waals surface area contributed by atoms with Crippen molar-refractivity contribution in [1.82, 2.24) is 20.4 Å². The van der Waals surface area contributed by atoms with Crippen LogP contribution in [-0.2, 0) is 9.59 Å². The van der Waals surface area contributed by atoms with Gasteiger partial charge in [0, 0.05) is 31.8 Å². The number of carboxylic acid groups (broad SMARTS) is 1. The first-order chi connectivity index (χ1) is 13.6. The molecule has 7 nitrogen and oxygen atoms in total. The molecule has 4 rings (SSSR count). The van der Waals surface area contributed by atoms with Gasteiger partial charge in [-0.3, -0.25) is 4.79 Å². The molecule has 150 valence electrons. The van der Waals surface area contributed by atoms with Crippen molar-refractivity contribution in [3.63, 3.8) is 0 Å². The molecule has 0 bridgehead atoms. The van der Waals surface area contributed by atoms with Gasteiger partial charge in [0.2, 0.25) is 5.91 Å². The molecular weight excluding hydrogens is 356 g/mol. The van der Waals surface area contributed by atoms with Gasteiger partial charge >= 0.3 is 5.97 Å². The van der Waals surface area contributed by atoms with Crippen LogP contribution >= 0.6 is 0 Å². The van der Waals surface area contributed by atoms with Crippen LogP contribution in [-0.4, -0.2) is 66.1 Å². The zero-order valence-corrected chi connectivity index (χ0v) is 16.1. The topological polar surface area (TPSA) is 84.9 Å². The molecule has 0 aromatic heterocycles. The number of nitrogens with zero attached hydrogens (tertiary/aromatic N) is 2. The number of nitrogens with one attached hydrogen (secondary N) is 2. The van der Waals surface area contributed by atoms with Gasteiger partial charge in [0.15, 0.2) is 0 Å². The van der Waals surface area contributed by atoms with Crippen molar-refractivity contribution in [3.8, 4) is 0 Å². The number of aliphatic carboxylic acids is 1. The second-order valence-electron chi connectivity index (χ2n) is 7.94. The molecule has 1 amide bonds. The Morgan fingerprint density at radius 1 is 1.18 bits per heavy atom. The Morgan fingerprint density at radius 3 is 2.79 bits per heavy atom. The van der Waals surface area contributed by atoms with E-state index >= 15 is 0 Å². The van der Waals surface area contributed by atoms with Crippen LogP contribution in [0.1, 0.15) is 19.3 Å². The van der Waals surface area contributed by atoms with E-state index in [1.54, 1.807) is 0 Å². The van der Waals surface area contributed by atoms with Crippen LogP contribution in [0, 0.1) is 11.8 Å². The molecule has 28 heavy (non-hydrogen) atoms. The minimum Gasteiger partial charge on any atom is -0.478 e. The largest absolute Gasteiger partial charge is 0.478 e. The van der Waals surface area contributed by atoms with Crippen LogP contribution in [0.5, 0.6) is 0 Å². The number of amides is 1. The Labute approximate surface area is 165 Å². The molecule has 0 saturated carbocycles. The van der Waals surface area contributed by atoms with Crippen molar-refractivity contribution >= 4 is 11.9 Å². The fraction of sp³-hybridized carbons (Fsp3) is 0.524. The Hall–Kier alpha value is -2.54. The number of carboxylic acids is 1. The van der Waals surface area contributed by atoms with Crippen LogP contribution in [0.3, 0.4) is 0 Å². The monoisotopic (exact) mass is 384 g/mol. The number of hydrogen-bond donors (Lipinski definition) is 3. The molecule has 0 aliphatic carbocycles. The summed E-state index contributed by atoms with van der Waals surface area (Å²) >= 11 is 0. The summed E-state index contributed by atoms with van der Waals surface area (Å²) in [5.74, 6) is -0.168. The van der Waals surface area contributed by atoms with Gasteiger partial charge in [-0.25, -0.2) is 4.79 Å². The Bertz CT molecular complexity index is 762. The quantitative estimate of drug-likeness (QED) is 0.657. The first-order valence-electron chi connectivity index (χ1n) is 10.1. The maximum absolute atomic E-state index is 12.4. The average molecular weight is 384 g/mol. The van der Waals surface area contributed by atoms with Gasteiger partial charge in [-0.1, -0.05) is 6.08 Å². The lowest BCUT2D eigenvalue weighted by molar-refractivity contribution is -0.133. The number of hydrogen-bond acceptors (Lipinski definition) is 5. The molecule has 2 saturated heterocycles. The first kappa shape index (κ1) is 18.8. The van der Waals surface area contributed by atoms with Crippen molar-refractivity contribution in [2.24, 2.45) is 11.8 Å². The summed E-state index contributed by atoms with van der Waals surface area (Å²) in [7, 11) is 0. The minimum atomic E-state index is -0.871. The molecule has 0 spiro atoms. The van der Waals surface area contributed by atoms with Gasteiger partial charge in [0.25, 0.3) is 0 Å². The summed E-state index contributed by atoms with van der Waals surface area (Å²) in [6.07, 6.45) is 12.5. The molecule has 0 aromatic rings. The number of allylic oxidation sites excluding steroid dienone is 4. The van der Waals surface area contributed by atoms with Crippen molar-refractivity contribution in [3.05, 3.63) is 47.5 Å². The summed E-state index contributed by atoms with van der Waals surface area (Å²) in [6, 6.07) is 0. The summed E-state index contributed by atoms with van der Waals surface area (Å²) in [6.45, 7) is 4.63. The maximum atomic E-state index is 12.4. The zero-order chi connectivity index (χ0) is 19.5. The van der Waals surface area contributed by atoms with Crippen molar-refractivity contribution < 1.29 is 14.7 Å². The predicted molar refractivity (Wildman–Crippen MR) is 106 cm³/mol. The minimum absolute atomic E-state index is 0.135. The molecule has 4 aliphatic rings. The summed E-state index contributed by atoms with van der Waals surface area (Å²) in [5.41, 5.74) is 2.42. The van der Waals surface area contributed by atoms with E-state index in [1.165, 1.54) is 0 Å². The molecule has 1 unspecified atom stereocenters. The van der Waals surface area contributed by atoms with Gasteiger partial charge in [-0.2, -0.15) is 0 Å². The third kappa shape index (κ3) is 3.99. The zero-order valence-electron chi connectivity index (χ0n) is 16.1. The molecule has 2 fully saturated rings. The summed E-state index contributed by atoms with van der Waals surface area (Å²) < 4.78 is 0. The van der Waals surface area contributed by atoms with E-state index in [4.69, 9.17) is 0 Å². The van der Waals surface area contributed by atoms with Crippen LogP contribution in [0.2, 0.25) is 0 Å². The molecular formula is C21H28N4O3. The van der Waals surface area contributed by atoms with Gasteiger partial charge in [-0.05, 0) is 56.5 Å². The fourth-order valence-corrected chi connectivity index (χ4v) is 4.39. The lowest BCUT2D eigenvalue weighted by Gasteiger charge is -2.33. The normalized spacial score (nSPS) is 25.0. The van der Waals surface area contributed by atoms with E-state index in [-0.39, 0.29) is 11.8 Å². The van der Waals surface area contributed by atoms with Gasteiger partial charge in [-0.15, -0.1) is 0 Å². The van der Waals surface area contributed by atoms with E-state index in [0.29, 0.717) is 24.6 Å². The Kier molecular flexibility index (Phi) is 5.52. The second kappa shape index (κ2) is 8.22. The molecule has 0 aromatic carbocycles. The summed E-state index contributed by atoms with van der Waals surface area (Å²) in [4.78, 5) is 28.2. The standard InChI is InChI=1S/C21H28N4O3/c26-20(16-4-7-22-8-5-16)23-12-15-6-10-25(13-15)19-11-17(21(27)28)14-24-9-2-1-3-18(19)24/h1-3,9,11,15-16,22H,4-8,10,12-14H2,(H,23,26)(H,27,28). The third-order valence-electron chi connectivity index (χ3n) is 6.03. The molecule has 4 aliphatic heterocycles. The smallest absolute Gasteiger partial charge is 0.333 e. The van der Waals surface area contributed by atoms with Gasteiger partial charge in [0.1, 0.15) is 0 Å². The maximum Gasteiger partial charge on any atom is 0.333 e. The number of carbonyl (C=O) groups excluding carboxylic acids is 1. The number of carbonyl (C=O) groups is 2. The Morgan fingerprint density at radius 2 is 2.00 bits per heavy atom. The molecule has 0 radical (unpaired) electrons. The lowest BCUT2D eigenvalue weighted by Crippen LogP contribution is -2.40. The number of piperidine rings is 1. The van der Waals surface area contributed by atoms with E-state index in [2.05, 4.69) is 15.5 Å². The van der Waals surface area contributed by atoms with E-state index in [0.717, 1.165) is 56.8 Å². The first-order valence-corrected chi connectivity index (χ1v) is 10.1. The van der Waals surface area contributed by atoms with Crippen LogP contribution in [0.4, 0.5) is 0 Å². The van der Waals surface area contributed by atoms with E-state index < -0.39 is 5.97 Å². The van der Waals surface area contributed by atoms with Crippen molar-refractivity contribution in [2.45, 2.75) is 19.3 Å². The van der Waals surface area contributed by atoms with Gasteiger partial charge in [0.05, 0.1) is 23.5 Å². The summed E-state index contributed by atoms with van der Waals surface area (Å²) in [5, 5.41) is 15.9. The SMILES string of the molecule is O=C(O)C1=CC(N2CCC(CNC(=O)C3CCNCC3)C2)=C2C=CC=CN2C1. The highest BCUT2D eigenvalue weighted by Gasteiger charge is 2.30. The fourth-order valence-electron chi connectivity index (χ4n) is 4.39. The highest BCUT2D eigenvalue weighted by Crippen LogP contribution is 2.31. The molecule has 7 heteroatoms. The number of rotatable bonds is 5. The van der Waals surface area contributed by atoms with E-state index in [1.807, 2.05) is 35.4 Å². The van der Waals surface area contributed by atoms with Crippen molar-refractivity contribution in [1.29, 1.82) is 0 Å². The van der Waals surface area contributed by atoms with E-state index in [9.17, 15) is 14.7 Å². The van der Waals surface area contributed by atoms with Crippen LogP contribution in [0.15, 0.2) is 47.5 Å². The average Bonchev–Trinajstić information content (AvgIpc) is 3.20. The second-order valence-corrected chi connectivity index (χ2v) is 7.94. The number of fused-ring (bicyclic) bond motifs is 1. The molecule has 4 heterocycles. The predicted octanol–water partition coefficient (Wildman–Crippen LogP) is 1.05. The molecule has 1 atom stereocenters. The third-order valence-corrected chi connectivity index (χ3v) is 6.03. The number of likely N-dealkylation sites (tertiary alicyclic amines) is 1. The van der Waals surface area contributed by atoms with Gasteiger partial charge < -0.3 is 25.5 Å². The lowest BCUT2D eigenvalue weighted by atomic mass is 9.97.